The third kappa shape index (κ3) is 6.62. The topological polar surface area (TPSA) is 87.6 Å². The molecule has 9 heteroatoms. The van der Waals surface area contributed by atoms with E-state index in [2.05, 4.69) is 32.9 Å². The van der Waals surface area contributed by atoms with Gasteiger partial charge in [0.25, 0.3) is 0 Å². The Morgan fingerprint density at radius 2 is 2.14 bits per heavy atom. The van der Waals surface area contributed by atoms with Crippen LogP contribution in [0.1, 0.15) is 21.9 Å². The molecular weight excluding hydrogens is 489 g/mol. The van der Waals surface area contributed by atoms with E-state index in [1.807, 2.05) is 24.4 Å². The van der Waals surface area contributed by atoms with Crippen molar-refractivity contribution in [2.24, 2.45) is 4.99 Å². The van der Waals surface area contributed by atoms with Crippen molar-refractivity contribution in [3.05, 3.63) is 39.8 Å². The first-order valence-electron chi connectivity index (χ1n) is 9.05. The normalized spacial score (nSPS) is 13.2. The van der Waals surface area contributed by atoms with E-state index in [-0.39, 0.29) is 29.9 Å². The van der Waals surface area contributed by atoms with Crippen LogP contribution in [0, 0.1) is 6.92 Å². The van der Waals surface area contributed by atoms with Crippen LogP contribution in [-0.4, -0.2) is 43.6 Å². The molecule has 1 amide bonds. The van der Waals surface area contributed by atoms with Gasteiger partial charge in [0.15, 0.2) is 5.96 Å². The Labute approximate surface area is 186 Å². The fourth-order valence-corrected chi connectivity index (χ4v) is 3.60. The first-order chi connectivity index (χ1) is 13.1. The van der Waals surface area contributed by atoms with E-state index in [0.717, 1.165) is 47.4 Å². The van der Waals surface area contributed by atoms with Crippen molar-refractivity contribution in [2.75, 3.05) is 32.1 Å². The van der Waals surface area contributed by atoms with E-state index < -0.39 is 0 Å². The lowest BCUT2D eigenvalue weighted by molar-refractivity contribution is -0.116. The summed E-state index contributed by atoms with van der Waals surface area (Å²) in [4.78, 5) is 21.2. The van der Waals surface area contributed by atoms with Crippen LogP contribution >= 0.6 is 35.3 Å². The lowest BCUT2D eigenvalue weighted by atomic mass is 10.0. The first kappa shape index (κ1) is 22.4. The molecule has 0 fully saturated rings. The fourth-order valence-electron chi connectivity index (χ4n) is 2.81. The van der Waals surface area contributed by atoms with E-state index in [1.165, 1.54) is 4.88 Å². The van der Waals surface area contributed by atoms with Gasteiger partial charge in [-0.1, -0.05) is 0 Å². The number of ether oxygens (including phenoxy) is 1. The smallest absolute Gasteiger partial charge is 0.224 e. The van der Waals surface area contributed by atoms with Gasteiger partial charge in [0.1, 0.15) is 12.4 Å². The highest BCUT2D eigenvalue weighted by Crippen LogP contribution is 2.26. The molecule has 0 spiro atoms. The lowest BCUT2D eigenvalue weighted by Crippen LogP contribution is -2.40. The van der Waals surface area contributed by atoms with Gasteiger partial charge in [-0.2, -0.15) is 0 Å². The maximum atomic E-state index is 11.4. The molecule has 0 radical (unpaired) electrons. The monoisotopic (exact) mass is 515 g/mol. The summed E-state index contributed by atoms with van der Waals surface area (Å²) < 4.78 is 5.80. The summed E-state index contributed by atoms with van der Waals surface area (Å²) in [5.41, 5.74) is 2.01. The predicted octanol–water partition coefficient (Wildman–Crippen LogP) is 2.74. The molecule has 152 valence electrons. The van der Waals surface area contributed by atoms with Crippen molar-refractivity contribution in [1.29, 1.82) is 0 Å². The number of carbonyl (C=O) groups is 1. The largest absolute Gasteiger partial charge is 0.492 e. The molecule has 3 N–H and O–H groups in total. The van der Waals surface area contributed by atoms with Crippen LogP contribution < -0.4 is 20.7 Å². The average molecular weight is 515 g/mol. The number of benzene rings is 1. The van der Waals surface area contributed by atoms with E-state index in [4.69, 9.17) is 4.74 Å². The van der Waals surface area contributed by atoms with Crippen LogP contribution in [0.15, 0.2) is 29.4 Å². The van der Waals surface area contributed by atoms with Gasteiger partial charge in [0.05, 0.1) is 11.6 Å². The minimum Gasteiger partial charge on any atom is -0.492 e. The van der Waals surface area contributed by atoms with Crippen molar-refractivity contribution in [3.8, 4) is 5.75 Å². The zero-order valence-electron chi connectivity index (χ0n) is 16.1. The Balaban J connectivity index is 0.00000280. The van der Waals surface area contributed by atoms with Crippen LogP contribution in [0.25, 0.3) is 0 Å². The number of anilines is 1. The van der Waals surface area contributed by atoms with E-state index >= 15 is 0 Å². The average Bonchev–Trinajstić information content (AvgIpc) is 3.08. The second-order valence-corrected chi connectivity index (χ2v) is 7.58. The van der Waals surface area contributed by atoms with Gasteiger partial charge in [-0.3, -0.25) is 9.79 Å². The van der Waals surface area contributed by atoms with E-state index in [9.17, 15) is 4.79 Å². The summed E-state index contributed by atoms with van der Waals surface area (Å²) in [5.74, 6) is 1.64. The first-order valence-corrected chi connectivity index (χ1v) is 9.87. The number of hydrogen-bond acceptors (Lipinski definition) is 5. The number of halogens is 1. The molecule has 1 aliphatic rings. The molecule has 0 bridgehead atoms. The molecular formula is C19H26IN5O2S. The summed E-state index contributed by atoms with van der Waals surface area (Å²) in [5, 5.41) is 10.5. The molecule has 1 aromatic carbocycles. The number of nitrogens with one attached hydrogen (secondary N) is 3. The lowest BCUT2D eigenvalue weighted by Gasteiger charge is -2.18. The Morgan fingerprint density at radius 1 is 1.32 bits per heavy atom. The predicted molar refractivity (Wildman–Crippen MR) is 124 cm³/mol. The van der Waals surface area contributed by atoms with Gasteiger partial charge >= 0.3 is 0 Å². The SMILES string of the molecule is CN=C(NCCOc1ccc2c(c1)CCC(=O)N2)NCCc1ncc(C)s1.I. The molecule has 0 unspecified atom stereocenters. The number of amides is 1. The number of hydrogen-bond donors (Lipinski definition) is 3. The third-order valence-corrected chi connectivity index (χ3v) is 5.13. The summed E-state index contributed by atoms with van der Waals surface area (Å²) >= 11 is 1.72. The zero-order valence-corrected chi connectivity index (χ0v) is 19.2. The van der Waals surface area contributed by atoms with Gasteiger partial charge in [-0.25, -0.2) is 4.98 Å². The fraction of sp³-hybridized carbons (Fsp3) is 0.421. The number of fused-ring (bicyclic) bond motifs is 1. The molecule has 1 aromatic heterocycles. The van der Waals surface area contributed by atoms with E-state index in [1.54, 1.807) is 18.4 Å². The number of rotatable bonds is 7. The minimum atomic E-state index is 0. The van der Waals surface area contributed by atoms with Crippen LogP contribution in [0.4, 0.5) is 5.69 Å². The number of guanidine groups is 1. The van der Waals surface area contributed by atoms with Gasteiger partial charge < -0.3 is 20.7 Å². The van der Waals surface area contributed by atoms with Crippen molar-refractivity contribution in [3.63, 3.8) is 0 Å². The summed E-state index contributed by atoms with van der Waals surface area (Å²) in [7, 11) is 1.75. The van der Waals surface area contributed by atoms with Crippen LogP contribution in [0.2, 0.25) is 0 Å². The molecule has 0 saturated carbocycles. The van der Waals surface area contributed by atoms with Crippen molar-refractivity contribution in [2.45, 2.75) is 26.2 Å². The van der Waals surface area contributed by atoms with Gasteiger partial charge in [-0.05, 0) is 37.1 Å². The highest BCUT2D eigenvalue weighted by Gasteiger charge is 2.14. The quantitative estimate of drug-likeness (QED) is 0.229. The second kappa shape index (κ2) is 11.2. The number of aliphatic imine (C=N–C) groups is 1. The Kier molecular flexibility index (Phi) is 8.97. The van der Waals surface area contributed by atoms with Gasteiger partial charge in [-0.15, -0.1) is 35.3 Å². The molecule has 0 atom stereocenters. The molecule has 2 heterocycles. The maximum Gasteiger partial charge on any atom is 0.224 e. The Hall–Kier alpha value is -1.88. The van der Waals surface area contributed by atoms with Crippen molar-refractivity contribution < 1.29 is 9.53 Å². The van der Waals surface area contributed by atoms with Gasteiger partial charge in [0, 0.05) is 43.2 Å². The minimum absolute atomic E-state index is 0. The number of nitrogens with zero attached hydrogens (tertiary/aromatic N) is 2. The Morgan fingerprint density at radius 3 is 2.89 bits per heavy atom. The number of thiazole rings is 1. The standard InChI is InChI=1S/C19H25N5O2S.HI/c1-13-12-23-18(27-13)7-8-21-19(20-2)22-9-10-26-15-4-5-16-14(11-15)3-6-17(25)24-16;/h4-5,11-12H,3,6-10H2,1-2H3,(H,24,25)(H2,20,21,22);1H. The Bertz CT molecular complexity index is 824. The van der Waals surface area contributed by atoms with Gasteiger partial charge in [0.2, 0.25) is 5.91 Å². The molecule has 3 rings (SSSR count). The summed E-state index contributed by atoms with van der Waals surface area (Å²) in [6.45, 7) is 4.01. The molecule has 7 nitrogen and oxygen atoms in total. The van der Waals surface area contributed by atoms with E-state index in [0.29, 0.717) is 19.6 Å². The molecule has 0 saturated heterocycles. The maximum absolute atomic E-state index is 11.4. The highest BCUT2D eigenvalue weighted by atomic mass is 127. The zero-order chi connectivity index (χ0) is 19.1. The number of carbonyl (C=O) groups excluding carboxylic acids is 1. The highest BCUT2D eigenvalue weighted by molar-refractivity contribution is 14.0. The van der Waals surface area contributed by atoms with Crippen LogP contribution in [0.3, 0.4) is 0 Å². The summed E-state index contributed by atoms with van der Waals surface area (Å²) in [6.07, 6.45) is 4.06. The molecule has 0 aliphatic carbocycles. The third-order valence-electron chi connectivity index (χ3n) is 4.16. The molecule has 1 aliphatic heterocycles. The molecule has 28 heavy (non-hydrogen) atoms. The van der Waals surface area contributed by atoms with Crippen molar-refractivity contribution in [1.82, 2.24) is 15.6 Å². The number of aryl methyl sites for hydroxylation is 2. The number of aromatic nitrogens is 1. The van der Waals surface area contributed by atoms with Crippen molar-refractivity contribution >= 4 is 52.9 Å². The second-order valence-electron chi connectivity index (χ2n) is 6.26. The van der Waals surface area contributed by atoms with Crippen LogP contribution in [-0.2, 0) is 17.6 Å². The van der Waals surface area contributed by atoms with Crippen LogP contribution in [0.5, 0.6) is 5.75 Å². The molecule has 2 aromatic rings. The summed E-state index contributed by atoms with van der Waals surface area (Å²) in [6, 6.07) is 5.78.